The lowest BCUT2D eigenvalue weighted by Crippen LogP contribution is -2.47. The van der Waals surface area contributed by atoms with Crippen molar-refractivity contribution in [3.05, 3.63) is 22.4 Å². The van der Waals surface area contributed by atoms with E-state index in [9.17, 15) is 9.59 Å². The summed E-state index contributed by atoms with van der Waals surface area (Å²) < 4.78 is 0. The number of amides is 2. The number of carbonyl (C=O) groups excluding carboxylic acids is 1. The van der Waals surface area contributed by atoms with Crippen molar-refractivity contribution in [3.8, 4) is 0 Å². The van der Waals surface area contributed by atoms with Gasteiger partial charge in [-0.2, -0.15) is 0 Å². The second-order valence-corrected chi connectivity index (χ2v) is 6.31. The van der Waals surface area contributed by atoms with E-state index in [1.165, 1.54) is 4.88 Å². The lowest BCUT2D eigenvalue weighted by molar-refractivity contribution is -0.137. The minimum atomic E-state index is -0.886. The number of nitrogens with one attached hydrogen (secondary N) is 1. The molecular formula is C15H24N2O3S. The number of hydrogen-bond donors (Lipinski definition) is 2. The molecular weight excluding hydrogens is 288 g/mol. The van der Waals surface area contributed by atoms with Crippen LogP contribution in [0.5, 0.6) is 0 Å². The number of carboxylic acid groups (broad SMARTS) is 1. The van der Waals surface area contributed by atoms with Gasteiger partial charge in [-0.1, -0.05) is 19.4 Å². The number of thiophene rings is 1. The summed E-state index contributed by atoms with van der Waals surface area (Å²) in [5.41, 5.74) is 0. The first-order chi connectivity index (χ1) is 9.93. The first kappa shape index (κ1) is 17.5. The third-order valence-corrected chi connectivity index (χ3v) is 4.34. The molecule has 0 saturated carbocycles. The standard InChI is InChI=1S/C15H24N2O3S/c1-4-6-12(10-14(18)19)16-15(20)17(3)11(2)9-13-7-5-8-21-13/h5,7-8,11-12H,4,6,9-10H2,1-3H3,(H,16,20)(H,18,19). The topological polar surface area (TPSA) is 69.6 Å². The van der Waals surface area contributed by atoms with E-state index >= 15 is 0 Å². The number of rotatable bonds is 8. The molecule has 2 unspecified atom stereocenters. The van der Waals surface area contributed by atoms with E-state index in [0.717, 1.165) is 12.8 Å². The maximum atomic E-state index is 12.2. The fourth-order valence-corrected chi connectivity index (χ4v) is 2.94. The average molecular weight is 312 g/mol. The van der Waals surface area contributed by atoms with Gasteiger partial charge in [0.25, 0.3) is 0 Å². The normalized spacial score (nSPS) is 13.5. The summed E-state index contributed by atoms with van der Waals surface area (Å²) in [6.07, 6.45) is 2.28. The first-order valence-corrected chi connectivity index (χ1v) is 8.09. The van der Waals surface area contributed by atoms with Crippen LogP contribution in [0.25, 0.3) is 0 Å². The molecule has 6 heteroatoms. The van der Waals surface area contributed by atoms with Gasteiger partial charge in [0.15, 0.2) is 0 Å². The second-order valence-electron chi connectivity index (χ2n) is 5.28. The minimum absolute atomic E-state index is 0.0350. The van der Waals surface area contributed by atoms with E-state index in [2.05, 4.69) is 11.4 Å². The van der Waals surface area contributed by atoms with Gasteiger partial charge >= 0.3 is 12.0 Å². The fraction of sp³-hybridized carbons (Fsp3) is 0.600. The lowest BCUT2D eigenvalue weighted by Gasteiger charge is -2.27. The summed E-state index contributed by atoms with van der Waals surface area (Å²) >= 11 is 1.67. The zero-order valence-corrected chi connectivity index (χ0v) is 13.7. The largest absolute Gasteiger partial charge is 0.481 e. The molecule has 2 atom stereocenters. The van der Waals surface area contributed by atoms with Crippen LogP contribution in [0.4, 0.5) is 4.79 Å². The molecule has 21 heavy (non-hydrogen) atoms. The molecule has 0 aliphatic carbocycles. The summed E-state index contributed by atoms with van der Waals surface area (Å²) in [7, 11) is 1.75. The third kappa shape index (κ3) is 6.16. The van der Waals surface area contributed by atoms with Crippen LogP contribution in [-0.2, 0) is 11.2 Å². The molecule has 0 aliphatic heterocycles. The van der Waals surface area contributed by atoms with E-state index in [0.29, 0.717) is 6.42 Å². The van der Waals surface area contributed by atoms with Crippen LogP contribution in [0.3, 0.4) is 0 Å². The molecule has 0 spiro atoms. The summed E-state index contributed by atoms with van der Waals surface area (Å²) in [6, 6.07) is 3.60. The Bertz CT molecular complexity index is 448. The minimum Gasteiger partial charge on any atom is -0.481 e. The molecule has 0 radical (unpaired) electrons. The molecule has 2 N–H and O–H groups in total. The van der Waals surface area contributed by atoms with Crippen molar-refractivity contribution in [3.63, 3.8) is 0 Å². The van der Waals surface area contributed by atoms with Gasteiger partial charge in [0, 0.05) is 30.4 Å². The van der Waals surface area contributed by atoms with Gasteiger partial charge in [0.05, 0.1) is 6.42 Å². The van der Waals surface area contributed by atoms with E-state index in [1.807, 2.05) is 25.3 Å². The van der Waals surface area contributed by atoms with E-state index in [-0.39, 0.29) is 24.5 Å². The number of aliphatic carboxylic acids is 1. The Labute approximate surface area is 130 Å². The number of nitrogens with zero attached hydrogens (tertiary/aromatic N) is 1. The molecule has 0 fully saturated rings. The maximum absolute atomic E-state index is 12.2. The monoisotopic (exact) mass is 312 g/mol. The Kier molecular flexibility index (Phi) is 7.22. The van der Waals surface area contributed by atoms with Crippen LogP contribution in [-0.4, -0.2) is 41.1 Å². The van der Waals surface area contributed by atoms with Crippen molar-refractivity contribution in [2.45, 2.75) is 51.6 Å². The molecule has 1 heterocycles. The smallest absolute Gasteiger partial charge is 0.317 e. The molecule has 0 aliphatic rings. The van der Waals surface area contributed by atoms with E-state index < -0.39 is 5.97 Å². The second kappa shape index (κ2) is 8.67. The molecule has 1 rings (SSSR count). The number of likely N-dealkylation sites (N-methyl/N-ethyl adjacent to an activating group) is 1. The van der Waals surface area contributed by atoms with E-state index in [1.54, 1.807) is 23.3 Å². The van der Waals surface area contributed by atoms with Gasteiger partial charge in [-0.05, 0) is 24.8 Å². The molecule has 118 valence electrons. The highest BCUT2D eigenvalue weighted by atomic mass is 32.1. The first-order valence-electron chi connectivity index (χ1n) is 7.21. The van der Waals surface area contributed by atoms with E-state index in [4.69, 9.17) is 5.11 Å². The van der Waals surface area contributed by atoms with Gasteiger partial charge < -0.3 is 15.3 Å². The lowest BCUT2D eigenvalue weighted by atomic mass is 10.1. The zero-order valence-electron chi connectivity index (χ0n) is 12.8. The van der Waals surface area contributed by atoms with Gasteiger partial charge in [-0.25, -0.2) is 4.79 Å². The Morgan fingerprint density at radius 1 is 1.48 bits per heavy atom. The maximum Gasteiger partial charge on any atom is 0.317 e. The highest BCUT2D eigenvalue weighted by molar-refractivity contribution is 7.09. The molecule has 1 aromatic heterocycles. The summed E-state index contributed by atoms with van der Waals surface area (Å²) in [5, 5.41) is 13.7. The number of carbonyl (C=O) groups is 2. The highest BCUT2D eigenvalue weighted by Crippen LogP contribution is 2.14. The highest BCUT2D eigenvalue weighted by Gasteiger charge is 2.20. The van der Waals surface area contributed by atoms with Crippen molar-refractivity contribution < 1.29 is 14.7 Å². The van der Waals surface area contributed by atoms with Gasteiger partial charge in [0.1, 0.15) is 0 Å². The third-order valence-electron chi connectivity index (χ3n) is 3.44. The SMILES string of the molecule is CCCC(CC(=O)O)NC(=O)N(C)C(C)Cc1cccs1. The summed E-state index contributed by atoms with van der Waals surface area (Å²) in [5.74, 6) is -0.886. The molecule has 1 aromatic rings. The summed E-state index contributed by atoms with van der Waals surface area (Å²) in [6.45, 7) is 3.97. The number of hydrogen-bond acceptors (Lipinski definition) is 3. The van der Waals surface area contributed by atoms with Gasteiger partial charge in [0.2, 0.25) is 0 Å². The van der Waals surface area contributed by atoms with Crippen molar-refractivity contribution in [1.29, 1.82) is 0 Å². The molecule has 5 nitrogen and oxygen atoms in total. The number of carboxylic acids is 1. The predicted molar refractivity (Wildman–Crippen MR) is 84.7 cm³/mol. The Morgan fingerprint density at radius 3 is 2.71 bits per heavy atom. The van der Waals surface area contributed by atoms with Gasteiger partial charge in [-0.15, -0.1) is 11.3 Å². The Morgan fingerprint density at radius 2 is 2.19 bits per heavy atom. The quantitative estimate of drug-likeness (QED) is 0.775. The van der Waals surface area contributed by atoms with Crippen molar-refractivity contribution >= 4 is 23.3 Å². The van der Waals surface area contributed by atoms with Crippen molar-refractivity contribution in [2.24, 2.45) is 0 Å². The van der Waals surface area contributed by atoms with Crippen LogP contribution in [0, 0.1) is 0 Å². The zero-order chi connectivity index (χ0) is 15.8. The molecule has 2 amide bonds. The molecule has 0 saturated heterocycles. The fourth-order valence-electron chi connectivity index (χ4n) is 2.12. The van der Waals surface area contributed by atoms with Crippen LogP contribution in [0.2, 0.25) is 0 Å². The van der Waals surface area contributed by atoms with Crippen molar-refractivity contribution in [2.75, 3.05) is 7.05 Å². The van der Waals surface area contributed by atoms with Gasteiger partial charge in [-0.3, -0.25) is 4.79 Å². The number of urea groups is 1. The van der Waals surface area contributed by atoms with Crippen LogP contribution >= 0.6 is 11.3 Å². The molecule has 0 bridgehead atoms. The van der Waals surface area contributed by atoms with Crippen LogP contribution in [0.15, 0.2) is 17.5 Å². The average Bonchev–Trinajstić information content (AvgIpc) is 2.90. The Hall–Kier alpha value is -1.56. The molecule has 0 aromatic carbocycles. The van der Waals surface area contributed by atoms with Crippen LogP contribution < -0.4 is 5.32 Å². The Balaban J connectivity index is 2.52. The van der Waals surface area contributed by atoms with Crippen molar-refractivity contribution in [1.82, 2.24) is 10.2 Å². The predicted octanol–water partition coefficient (Wildman–Crippen LogP) is 2.96. The summed E-state index contributed by atoms with van der Waals surface area (Å²) in [4.78, 5) is 25.9. The van der Waals surface area contributed by atoms with Crippen LogP contribution in [0.1, 0.15) is 38.0 Å².